The normalized spacial score (nSPS) is 12.8. The van der Waals surface area contributed by atoms with Crippen molar-refractivity contribution in [1.29, 1.82) is 0 Å². The Morgan fingerprint density at radius 2 is 1.58 bits per heavy atom. The highest BCUT2D eigenvalue weighted by Gasteiger charge is 2.15. The summed E-state index contributed by atoms with van der Waals surface area (Å²) in [7, 11) is 4.09. The van der Waals surface area contributed by atoms with Crippen LogP contribution in [-0.2, 0) is 12.8 Å². The van der Waals surface area contributed by atoms with Gasteiger partial charge in [0.15, 0.2) is 11.2 Å². The van der Waals surface area contributed by atoms with Gasteiger partial charge in [-0.2, -0.15) is 9.67 Å². The van der Waals surface area contributed by atoms with E-state index in [0.29, 0.717) is 17.1 Å². The van der Waals surface area contributed by atoms with E-state index in [9.17, 15) is 0 Å². The molecule has 36 heavy (non-hydrogen) atoms. The number of hydrogen-bond donors (Lipinski definition) is 1. The summed E-state index contributed by atoms with van der Waals surface area (Å²) in [6, 6.07) is 23.2. The Morgan fingerprint density at radius 1 is 0.861 bits per heavy atom. The maximum atomic E-state index is 4.72. The molecule has 5 aromatic rings. The van der Waals surface area contributed by atoms with Crippen LogP contribution in [0.5, 0.6) is 0 Å². The van der Waals surface area contributed by atoms with Crippen molar-refractivity contribution in [1.82, 2.24) is 25.0 Å². The first-order chi connectivity index (χ1) is 17.6. The summed E-state index contributed by atoms with van der Waals surface area (Å²) in [5.41, 5.74) is 9.54. The molecule has 0 radical (unpaired) electrons. The summed E-state index contributed by atoms with van der Waals surface area (Å²) < 4.78 is 1.79. The van der Waals surface area contributed by atoms with Crippen LogP contribution in [0.15, 0.2) is 72.9 Å². The molecular formula is C29H27N7. The fourth-order valence-corrected chi connectivity index (χ4v) is 4.53. The van der Waals surface area contributed by atoms with Gasteiger partial charge in [0.05, 0.1) is 11.9 Å². The number of nitrogens with one attached hydrogen (secondary N) is 1. The van der Waals surface area contributed by atoms with Gasteiger partial charge in [-0.05, 0) is 77.9 Å². The molecule has 2 heterocycles. The van der Waals surface area contributed by atoms with Crippen LogP contribution in [0, 0.1) is 0 Å². The van der Waals surface area contributed by atoms with Gasteiger partial charge in [-0.15, -0.1) is 5.10 Å². The first-order valence-electron chi connectivity index (χ1n) is 12.2. The van der Waals surface area contributed by atoms with Crippen molar-refractivity contribution in [2.45, 2.75) is 19.3 Å². The molecule has 7 heteroatoms. The first-order valence-corrected chi connectivity index (χ1v) is 12.2. The number of fused-ring (bicyclic) bond motifs is 2. The smallest absolute Gasteiger partial charge is 0.229 e. The SMILES string of the molecule is CN(C)c1ccc(/C=C/c2ccc(Nc3ncc4nnn(-c5ccc6c(c5)CCC6)c4n3)cc2)cc1. The van der Waals surface area contributed by atoms with E-state index in [1.165, 1.54) is 23.2 Å². The largest absolute Gasteiger partial charge is 0.378 e. The minimum absolute atomic E-state index is 0.511. The molecule has 0 saturated heterocycles. The van der Waals surface area contributed by atoms with Gasteiger partial charge in [0, 0.05) is 25.5 Å². The van der Waals surface area contributed by atoms with Gasteiger partial charge in [0.2, 0.25) is 5.95 Å². The highest BCUT2D eigenvalue weighted by atomic mass is 15.4. The Hall–Kier alpha value is -4.52. The van der Waals surface area contributed by atoms with Crippen LogP contribution in [0.1, 0.15) is 28.7 Å². The van der Waals surface area contributed by atoms with Gasteiger partial charge in [0.25, 0.3) is 0 Å². The molecule has 1 aliphatic rings. The molecule has 2 aromatic heterocycles. The summed E-state index contributed by atoms with van der Waals surface area (Å²) >= 11 is 0. The molecule has 1 N–H and O–H groups in total. The van der Waals surface area contributed by atoms with E-state index in [1.807, 2.05) is 26.2 Å². The van der Waals surface area contributed by atoms with Crippen LogP contribution >= 0.6 is 0 Å². The minimum Gasteiger partial charge on any atom is -0.378 e. The second-order valence-electron chi connectivity index (χ2n) is 9.28. The number of aromatic nitrogens is 5. The van der Waals surface area contributed by atoms with Gasteiger partial charge < -0.3 is 10.2 Å². The third-order valence-corrected chi connectivity index (χ3v) is 6.56. The lowest BCUT2D eigenvalue weighted by Gasteiger charge is -2.11. The van der Waals surface area contributed by atoms with Crippen molar-refractivity contribution >= 4 is 40.6 Å². The maximum absolute atomic E-state index is 4.72. The Labute approximate surface area is 210 Å². The number of benzene rings is 3. The number of rotatable bonds is 6. The molecule has 6 rings (SSSR count). The third-order valence-electron chi connectivity index (χ3n) is 6.56. The van der Waals surface area contributed by atoms with Crippen molar-refractivity contribution in [3.05, 3.63) is 95.2 Å². The van der Waals surface area contributed by atoms with Gasteiger partial charge in [-0.1, -0.05) is 47.7 Å². The Bertz CT molecular complexity index is 1550. The summed E-state index contributed by atoms with van der Waals surface area (Å²) in [6.07, 6.45) is 9.42. The minimum atomic E-state index is 0.511. The monoisotopic (exact) mass is 473 g/mol. The average molecular weight is 474 g/mol. The standard InChI is InChI=1S/C29H27N7/c1-35(2)25-15-10-21(11-16-25)7-6-20-8-13-24(14-9-20)31-29-30-19-27-28(32-29)36(34-33-27)26-17-12-22-4-3-5-23(22)18-26/h6-19H,3-5H2,1-2H3,(H,30,31,32)/b7-6+. The van der Waals surface area contributed by atoms with E-state index in [-0.39, 0.29) is 0 Å². The van der Waals surface area contributed by atoms with Crippen LogP contribution in [0.3, 0.4) is 0 Å². The lowest BCUT2D eigenvalue weighted by Crippen LogP contribution is -2.07. The van der Waals surface area contributed by atoms with Gasteiger partial charge in [-0.25, -0.2) is 4.98 Å². The van der Waals surface area contributed by atoms with Crippen LogP contribution < -0.4 is 10.2 Å². The zero-order chi connectivity index (χ0) is 24.5. The molecule has 0 amide bonds. The molecule has 0 bridgehead atoms. The quantitative estimate of drug-likeness (QED) is 0.320. The van der Waals surface area contributed by atoms with E-state index in [4.69, 9.17) is 4.98 Å². The van der Waals surface area contributed by atoms with Crippen LogP contribution in [0.25, 0.3) is 29.0 Å². The number of hydrogen-bond acceptors (Lipinski definition) is 6. The zero-order valence-electron chi connectivity index (χ0n) is 20.4. The molecule has 7 nitrogen and oxygen atoms in total. The second-order valence-corrected chi connectivity index (χ2v) is 9.28. The van der Waals surface area contributed by atoms with E-state index in [2.05, 4.69) is 92.3 Å². The maximum Gasteiger partial charge on any atom is 0.229 e. The van der Waals surface area contributed by atoms with Crippen molar-refractivity contribution in [3.8, 4) is 5.69 Å². The second kappa shape index (κ2) is 9.26. The van der Waals surface area contributed by atoms with E-state index in [0.717, 1.165) is 35.3 Å². The summed E-state index contributed by atoms with van der Waals surface area (Å²) in [5.74, 6) is 0.511. The summed E-state index contributed by atoms with van der Waals surface area (Å²) in [4.78, 5) is 11.2. The molecule has 0 saturated carbocycles. The Kier molecular flexibility index (Phi) is 5.65. The van der Waals surface area contributed by atoms with Gasteiger partial charge in [0.1, 0.15) is 0 Å². The van der Waals surface area contributed by atoms with Crippen molar-refractivity contribution in [2.24, 2.45) is 0 Å². The Balaban J connectivity index is 1.18. The first kappa shape index (κ1) is 22.0. The number of anilines is 3. The van der Waals surface area contributed by atoms with E-state index >= 15 is 0 Å². The lowest BCUT2D eigenvalue weighted by molar-refractivity contribution is 0.816. The molecule has 0 unspecified atom stereocenters. The predicted molar refractivity (Wildman–Crippen MR) is 146 cm³/mol. The topological polar surface area (TPSA) is 71.8 Å². The van der Waals surface area contributed by atoms with Crippen LogP contribution in [0.4, 0.5) is 17.3 Å². The van der Waals surface area contributed by atoms with Crippen LogP contribution in [0.2, 0.25) is 0 Å². The number of nitrogens with zero attached hydrogens (tertiary/aromatic N) is 6. The molecule has 0 atom stereocenters. The highest BCUT2D eigenvalue weighted by molar-refractivity contribution is 5.74. The molecule has 1 aliphatic carbocycles. The fourth-order valence-electron chi connectivity index (χ4n) is 4.53. The van der Waals surface area contributed by atoms with Crippen molar-refractivity contribution in [2.75, 3.05) is 24.3 Å². The fraction of sp³-hybridized carbons (Fsp3) is 0.172. The van der Waals surface area contributed by atoms with Crippen molar-refractivity contribution in [3.63, 3.8) is 0 Å². The average Bonchev–Trinajstić information content (AvgIpc) is 3.55. The molecular weight excluding hydrogens is 446 g/mol. The van der Waals surface area contributed by atoms with E-state index < -0.39 is 0 Å². The third kappa shape index (κ3) is 4.43. The van der Waals surface area contributed by atoms with Gasteiger partial charge in [-0.3, -0.25) is 0 Å². The molecule has 0 aliphatic heterocycles. The highest BCUT2D eigenvalue weighted by Crippen LogP contribution is 2.26. The summed E-state index contributed by atoms with van der Waals surface area (Å²) in [5, 5.41) is 11.9. The number of aryl methyl sites for hydroxylation is 2. The van der Waals surface area contributed by atoms with Gasteiger partial charge >= 0.3 is 0 Å². The molecule has 3 aromatic carbocycles. The zero-order valence-corrected chi connectivity index (χ0v) is 20.4. The van der Waals surface area contributed by atoms with Crippen molar-refractivity contribution < 1.29 is 0 Å². The Morgan fingerprint density at radius 3 is 2.33 bits per heavy atom. The van der Waals surface area contributed by atoms with E-state index in [1.54, 1.807) is 10.9 Å². The molecule has 178 valence electrons. The van der Waals surface area contributed by atoms with Crippen LogP contribution in [-0.4, -0.2) is 39.1 Å². The molecule has 0 spiro atoms. The summed E-state index contributed by atoms with van der Waals surface area (Å²) in [6.45, 7) is 0. The lowest BCUT2D eigenvalue weighted by atomic mass is 10.1. The predicted octanol–water partition coefficient (Wildman–Crippen LogP) is 5.68. The molecule has 0 fully saturated rings.